The lowest BCUT2D eigenvalue weighted by molar-refractivity contribution is -0.157. The van der Waals surface area contributed by atoms with Crippen LogP contribution in [-0.4, -0.2) is 35.0 Å². The van der Waals surface area contributed by atoms with Crippen molar-refractivity contribution in [3.63, 3.8) is 0 Å². The molecular formula is C14H21NO3. The van der Waals surface area contributed by atoms with Gasteiger partial charge in [-0.05, 0) is 25.2 Å². The molecule has 0 aromatic carbocycles. The van der Waals surface area contributed by atoms with Crippen LogP contribution in [0.1, 0.15) is 40.5 Å². The zero-order chi connectivity index (χ0) is 13.3. The van der Waals surface area contributed by atoms with Gasteiger partial charge in [-0.15, -0.1) is 0 Å². The molecule has 0 amide bonds. The van der Waals surface area contributed by atoms with Crippen molar-refractivity contribution in [2.45, 2.75) is 52.2 Å². The summed E-state index contributed by atoms with van der Waals surface area (Å²) in [6.45, 7) is 8.08. The Kier molecular flexibility index (Phi) is 2.13. The number of carbonyl (C=O) groups excluding carboxylic acids is 1. The Balaban J connectivity index is 2.14. The van der Waals surface area contributed by atoms with Gasteiger partial charge < -0.3 is 9.84 Å². The molecule has 0 radical (unpaired) electrons. The van der Waals surface area contributed by atoms with Gasteiger partial charge in [0.2, 0.25) is 0 Å². The van der Waals surface area contributed by atoms with Crippen LogP contribution < -0.4 is 0 Å². The fraction of sp³-hybridized carbons (Fsp3) is 0.857. The van der Waals surface area contributed by atoms with E-state index in [9.17, 15) is 9.90 Å². The van der Waals surface area contributed by atoms with E-state index in [4.69, 9.17) is 4.74 Å². The molecule has 18 heavy (non-hydrogen) atoms. The van der Waals surface area contributed by atoms with Crippen LogP contribution in [0.4, 0.5) is 0 Å². The number of rotatable bonds is 1. The van der Waals surface area contributed by atoms with E-state index in [2.05, 4.69) is 25.8 Å². The predicted octanol–water partition coefficient (Wildman–Crippen LogP) is 1.56. The fourth-order valence-electron chi connectivity index (χ4n) is 4.01. The molecule has 1 aliphatic heterocycles. The van der Waals surface area contributed by atoms with E-state index < -0.39 is 5.54 Å². The molecule has 4 heteroatoms. The van der Waals surface area contributed by atoms with E-state index in [-0.39, 0.29) is 29.5 Å². The quantitative estimate of drug-likeness (QED) is 0.719. The van der Waals surface area contributed by atoms with Crippen molar-refractivity contribution in [2.24, 2.45) is 21.7 Å². The molecule has 2 bridgehead atoms. The number of carbonyl (C=O) groups is 1. The molecule has 3 rings (SSSR count). The molecule has 100 valence electrons. The maximum atomic E-state index is 12.0. The first-order valence-electron chi connectivity index (χ1n) is 6.68. The first kappa shape index (κ1) is 12.2. The van der Waals surface area contributed by atoms with Crippen molar-refractivity contribution >= 4 is 11.7 Å². The third-order valence-electron chi connectivity index (χ3n) is 5.85. The molecule has 0 aromatic rings. The second-order valence-corrected chi connectivity index (χ2v) is 6.95. The van der Waals surface area contributed by atoms with Crippen LogP contribution in [0.5, 0.6) is 0 Å². The lowest BCUT2D eigenvalue weighted by atomic mass is 9.70. The number of nitrogens with zero attached hydrogens (tertiary/aromatic N) is 1. The minimum Gasteiger partial charge on any atom is -0.454 e. The minimum absolute atomic E-state index is 0.000532. The van der Waals surface area contributed by atoms with Crippen molar-refractivity contribution in [3.05, 3.63) is 0 Å². The lowest BCUT2D eigenvalue weighted by Gasteiger charge is -2.38. The number of hydrogen-bond acceptors (Lipinski definition) is 4. The summed E-state index contributed by atoms with van der Waals surface area (Å²) in [5.41, 5.74) is 0.00621. The van der Waals surface area contributed by atoms with Crippen LogP contribution >= 0.6 is 0 Å². The molecule has 1 heterocycles. The Labute approximate surface area is 107 Å². The lowest BCUT2D eigenvalue weighted by Crippen LogP contribution is -2.51. The predicted molar refractivity (Wildman–Crippen MR) is 67.4 cm³/mol. The van der Waals surface area contributed by atoms with Crippen molar-refractivity contribution in [1.82, 2.24) is 0 Å². The zero-order valence-electron chi connectivity index (χ0n) is 11.5. The summed E-state index contributed by atoms with van der Waals surface area (Å²) in [6, 6.07) is 0. The number of aliphatic hydroxyl groups excluding tert-OH is 1. The minimum atomic E-state index is -1.10. The Morgan fingerprint density at radius 1 is 1.39 bits per heavy atom. The van der Waals surface area contributed by atoms with Crippen molar-refractivity contribution in [1.29, 1.82) is 0 Å². The van der Waals surface area contributed by atoms with Gasteiger partial charge in [-0.2, -0.15) is 0 Å². The number of fused-ring (bicyclic) bond motifs is 5. The Morgan fingerprint density at radius 3 is 2.67 bits per heavy atom. The summed E-state index contributed by atoms with van der Waals surface area (Å²) in [4.78, 5) is 16.6. The fourth-order valence-corrected chi connectivity index (χ4v) is 4.01. The molecule has 0 saturated heterocycles. The molecule has 0 unspecified atom stereocenters. The van der Waals surface area contributed by atoms with E-state index in [0.29, 0.717) is 5.92 Å². The molecular weight excluding hydrogens is 230 g/mol. The third kappa shape index (κ3) is 1.11. The maximum Gasteiger partial charge on any atom is 0.336 e. The van der Waals surface area contributed by atoms with Crippen LogP contribution in [0, 0.1) is 16.7 Å². The highest BCUT2D eigenvalue weighted by atomic mass is 16.6. The average molecular weight is 251 g/mol. The summed E-state index contributed by atoms with van der Waals surface area (Å²) in [7, 11) is 0. The number of hydrogen-bond donors (Lipinski definition) is 1. The molecule has 0 aromatic heterocycles. The summed E-state index contributed by atoms with van der Waals surface area (Å²) in [5, 5.41) is 9.42. The topological polar surface area (TPSA) is 58.9 Å². The van der Waals surface area contributed by atoms with Crippen molar-refractivity contribution in [3.8, 4) is 0 Å². The Hall–Kier alpha value is -0.900. The summed E-state index contributed by atoms with van der Waals surface area (Å²) >= 11 is 0. The number of aliphatic imine (C=N–C) groups is 1. The molecule has 2 fully saturated rings. The van der Waals surface area contributed by atoms with Gasteiger partial charge in [-0.25, -0.2) is 4.79 Å². The van der Waals surface area contributed by atoms with Crippen molar-refractivity contribution in [2.75, 3.05) is 6.61 Å². The first-order chi connectivity index (χ1) is 8.26. The van der Waals surface area contributed by atoms with Crippen LogP contribution in [0.25, 0.3) is 0 Å². The average Bonchev–Trinajstić information content (AvgIpc) is 2.62. The summed E-state index contributed by atoms with van der Waals surface area (Å²) < 4.78 is 5.62. The summed E-state index contributed by atoms with van der Waals surface area (Å²) in [6.07, 6.45) is 2.03. The molecule has 2 aliphatic carbocycles. The Morgan fingerprint density at radius 2 is 2.06 bits per heavy atom. The van der Waals surface area contributed by atoms with Crippen LogP contribution in [-0.2, 0) is 9.53 Å². The maximum absolute atomic E-state index is 12.0. The van der Waals surface area contributed by atoms with Gasteiger partial charge in [0.05, 0.1) is 12.3 Å². The molecule has 4 nitrogen and oxygen atoms in total. The number of ether oxygens (including phenoxy) is 1. The van der Waals surface area contributed by atoms with Gasteiger partial charge in [-0.3, -0.25) is 4.99 Å². The highest BCUT2D eigenvalue weighted by molar-refractivity contribution is 6.04. The van der Waals surface area contributed by atoms with Crippen LogP contribution in [0.3, 0.4) is 0 Å². The standard InChI is InChI=1S/C14H21NO3/c1-12(2)8-5-6-13(12,3)10-9(8)18-11(17)14(4,7-16)15-10/h8-9,16H,5-7H2,1-4H3/t8-,9-,13+,14-/m1/s1. The second-order valence-electron chi connectivity index (χ2n) is 6.95. The normalized spacial score (nSPS) is 48.7. The second kappa shape index (κ2) is 3.16. The Bertz CT molecular complexity index is 456. The largest absolute Gasteiger partial charge is 0.454 e. The first-order valence-corrected chi connectivity index (χ1v) is 6.68. The van der Waals surface area contributed by atoms with Crippen LogP contribution in [0.2, 0.25) is 0 Å². The SMILES string of the molecule is CC1(C)[C@@H]2CC[C@@]1(C)C1=N[C@](C)(CO)C(=O)O[C@@H]12. The van der Waals surface area contributed by atoms with Gasteiger partial charge in [0, 0.05) is 11.3 Å². The van der Waals surface area contributed by atoms with Gasteiger partial charge in [0.15, 0.2) is 5.54 Å². The summed E-state index contributed by atoms with van der Waals surface area (Å²) in [5.74, 6) is -0.0147. The van der Waals surface area contributed by atoms with E-state index in [1.54, 1.807) is 6.92 Å². The molecule has 3 aliphatic rings. The third-order valence-corrected chi connectivity index (χ3v) is 5.85. The highest BCUT2D eigenvalue weighted by Gasteiger charge is 2.68. The number of aliphatic hydroxyl groups is 1. The van der Waals surface area contributed by atoms with Crippen LogP contribution in [0.15, 0.2) is 4.99 Å². The molecule has 0 spiro atoms. The molecule has 1 N–H and O–H groups in total. The van der Waals surface area contributed by atoms with Gasteiger partial charge >= 0.3 is 5.97 Å². The smallest absolute Gasteiger partial charge is 0.336 e. The number of esters is 1. The molecule has 2 saturated carbocycles. The van der Waals surface area contributed by atoms with E-state index >= 15 is 0 Å². The van der Waals surface area contributed by atoms with E-state index in [0.717, 1.165) is 18.6 Å². The molecule has 4 atom stereocenters. The highest BCUT2D eigenvalue weighted by Crippen LogP contribution is 2.65. The monoisotopic (exact) mass is 251 g/mol. The van der Waals surface area contributed by atoms with Gasteiger partial charge in [0.25, 0.3) is 0 Å². The van der Waals surface area contributed by atoms with Gasteiger partial charge in [0.1, 0.15) is 6.10 Å². The van der Waals surface area contributed by atoms with E-state index in [1.807, 2.05) is 0 Å². The van der Waals surface area contributed by atoms with Crippen molar-refractivity contribution < 1.29 is 14.6 Å². The zero-order valence-corrected chi connectivity index (χ0v) is 11.5. The van der Waals surface area contributed by atoms with Gasteiger partial charge in [-0.1, -0.05) is 20.8 Å². The van der Waals surface area contributed by atoms with E-state index in [1.165, 1.54) is 0 Å².